The van der Waals surface area contributed by atoms with Crippen LogP contribution in [0.15, 0.2) is 18.2 Å². The largest absolute Gasteiger partial charge is 0.496 e. The number of hydrogen-bond donors (Lipinski definition) is 2. The molecule has 0 aliphatic heterocycles. The monoisotopic (exact) mass is 249 g/mol. The molecule has 1 saturated carbocycles. The Balaban J connectivity index is 2.06. The molecule has 0 heterocycles. The molecule has 4 nitrogen and oxygen atoms in total. The molecule has 0 saturated heterocycles. The standard InChI is InChI=1S/C14H19NO3/c1-18-13-7-6-12(8-11(13)9-16)15-14(17)10-4-2-3-5-10/h6-8,10,16H,2-5,9H2,1H3,(H,15,17). The third kappa shape index (κ3) is 2.82. The predicted molar refractivity (Wildman–Crippen MR) is 69.5 cm³/mol. The average molecular weight is 249 g/mol. The van der Waals surface area contributed by atoms with Crippen molar-refractivity contribution in [1.82, 2.24) is 0 Å². The van der Waals surface area contributed by atoms with Crippen LogP contribution in [-0.2, 0) is 11.4 Å². The normalized spacial score (nSPS) is 15.7. The molecule has 0 spiro atoms. The van der Waals surface area contributed by atoms with Gasteiger partial charge in [0.2, 0.25) is 5.91 Å². The Morgan fingerprint density at radius 1 is 1.44 bits per heavy atom. The van der Waals surface area contributed by atoms with Gasteiger partial charge < -0.3 is 15.2 Å². The molecule has 4 heteroatoms. The topological polar surface area (TPSA) is 58.6 Å². The minimum atomic E-state index is -0.101. The molecular weight excluding hydrogens is 230 g/mol. The summed E-state index contributed by atoms with van der Waals surface area (Å²) < 4.78 is 5.12. The van der Waals surface area contributed by atoms with Crippen LogP contribution in [0.2, 0.25) is 0 Å². The molecule has 1 aromatic rings. The second-order valence-corrected chi connectivity index (χ2v) is 4.66. The van der Waals surface area contributed by atoms with E-state index < -0.39 is 0 Å². The fraction of sp³-hybridized carbons (Fsp3) is 0.500. The van der Waals surface area contributed by atoms with Crippen LogP contribution >= 0.6 is 0 Å². The average Bonchev–Trinajstić information content (AvgIpc) is 2.92. The lowest BCUT2D eigenvalue weighted by molar-refractivity contribution is -0.119. The van der Waals surface area contributed by atoms with Crippen LogP contribution < -0.4 is 10.1 Å². The van der Waals surface area contributed by atoms with Crippen molar-refractivity contribution in [1.29, 1.82) is 0 Å². The molecule has 1 aliphatic carbocycles. The van der Waals surface area contributed by atoms with E-state index in [1.54, 1.807) is 25.3 Å². The molecule has 18 heavy (non-hydrogen) atoms. The van der Waals surface area contributed by atoms with Gasteiger partial charge in [-0.05, 0) is 31.0 Å². The Morgan fingerprint density at radius 2 is 2.17 bits per heavy atom. The van der Waals surface area contributed by atoms with E-state index in [2.05, 4.69) is 5.32 Å². The summed E-state index contributed by atoms with van der Waals surface area (Å²) in [6, 6.07) is 5.31. The van der Waals surface area contributed by atoms with E-state index in [9.17, 15) is 9.90 Å². The molecule has 1 aromatic carbocycles. The van der Waals surface area contributed by atoms with Gasteiger partial charge >= 0.3 is 0 Å². The van der Waals surface area contributed by atoms with Crippen molar-refractivity contribution < 1.29 is 14.6 Å². The number of anilines is 1. The van der Waals surface area contributed by atoms with Crippen molar-refractivity contribution >= 4 is 11.6 Å². The highest BCUT2D eigenvalue weighted by Gasteiger charge is 2.22. The van der Waals surface area contributed by atoms with Gasteiger partial charge in [0.1, 0.15) is 5.75 Å². The van der Waals surface area contributed by atoms with Crippen LogP contribution in [-0.4, -0.2) is 18.1 Å². The maximum absolute atomic E-state index is 12.0. The van der Waals surface area contributed by atoms with E-state index >= 15 is 0 Å². The molecule has 0 unspecified atom stereocenters. The summed E-state index contributed by atoms with van der Waals surface area (Å²) in [5, 5.41) is 12.1. The van der Waals surface area contributed by atoms with Gasteiger partial charge in [0.05, 0.1) is 13.7 Å². The van der Waals surface area contributed by atoms with E-state index in [0.717, 1.165) is 31.4 Å². The number of methoxy groups -OCH3 is 1. The van der Waals surface area contributed by atoms with Crippen LogP contribution in [0.1, 0.15) is 31.2 Å². The quantitative estimate of drug-likeness (QED) is 0.861. The Bertz CT molecular complexity index is 425. The van der Waals surface area contributed by atoms with Crippen LogP contribution in [0.3, 0.4) is 0 Å². The molecule has 0 aromatic heterocycles. The van der Waals surface area contributed by atoms with Crippen molar-refractivity contribution in [2.45, 2.75) is 32.3 Å². The van der Waals surface area contributed by atoms with Crippen LogP contribution in [0.5, 0.6) is 5.75 Å². The molecule has 2 rings (SSSR count). The molecule has 1 fully saturated rings. The van der Waals surface area contributed by atoms with E-state index in [-0.39, 0.29) is 18.4 Å². The minimum absolute atomic E-state index is 0.0848. The van der Waals surface area contributed by atoms with Crippen molar-refractivity contribution in [3.63, 3.8) is 0 Å². The number of benzene rings is 1. The highest BCUT2D eigenvalue weighted by atomic mass is 16.5. The van der Waals surface area contributed by atoms with E-state index in [1.165, 1.54) is 0 Å². The zero-order chi connectivity index (χ0) is 13.0. The SMILES string of the molecule is COc1ccc(NC(=O)C2CCCC2)cc1CO. The van der Waals surface area contributed by atoms with Gasteiger partial charge in [-0.25, -0.2) is 0 Å². The number of amides is 1. The molecule has 0 bridgehead atoms. The van der Waals surface area contributed by atoms with Crippen LogP contribution in [0.4, 0.5) is 5.69 Å². The van der Waals surface area contributed by atoms with Crippen molar-refractivity contribution in [3.05, 3.63) is 23.8 Å². The second kappa shape index (κ2) is 5.87. The Labute approximate surface area is 107 Å². The number of nitrogens with one attached hydrogen (secondary N) is 1. The number of aliphatic hydroxyl groups excluding tert-OH is 1. The van der Waals surface area contributed by atoms with Crippen LogP contribution in [0.25, 0.3) is 0 Å². The van der Waals surface area contributed by atoms with E-state index in [1.807, 2.05) is 0 Å². The fourth-order valence-corrected chi connectivity index (χ4v) is 2.41. The minimum Gasteiger partial charge on any atom is -0.496 e. The van der Waals surface area contributed by atoms with Crippen molar-refractivity contribution in [3.8, 4) is 5.75 Å². The first-order valence-electron chi connectivity index (χ1n) is 6.33. The maximum Gasteiger partial charge on any atom is 0.227 e. The first-order valence-corrected chi connectivity index (χ1v) is 6.33. The molecule has 0 atom stereocenters. The summed E-state index contributed by atoms with van der Waals surface area (Å²) in [5.41, 5.74) is 1.40. The second-order valence-electron chi connectivity index (χ2n) is 4.66. The molecule has 1 amide bonds. The highest BCUT2D eigenvalue weighted by Crippen LogP contribution is 2.27. The Morgan fingerprint density at radius 3 is 2.78 bits per heavy atom. The van der Waals surface area contributed by atoms with Gasteiger partial charge in [0.15, 0.2) is 0 Å². The lowest BCUT2D eigenvalue weighted by atomic mass is 10.1. The number of aliphatic hydroxyl groups is 1. The number of carbonyl (C=O) groups excluding carboxylic acids is 1. The number of rotatable bonds is 4. The van der Waals surface area contributed by atoms with Crippen molar-refractivity contribution in [2.24, 2.45) is 5.92 Å². The third-order valence-corrected chi connectivity index (χ3v) is 3.44. The van der Waals surface area contributed by atoms with Crippen molar-refractivity contribution in [2.75, 3.05) is 12.4 Å². The smallest absolute Gasteiger partial charge is 0.227 e. The Hall–Kier alpha value is -1.55. The number of ether oxygens (including phenoxy) is 1. The lowest BCUT2D eigenvalue weighted by Gasteiger charge is -2.12. The molecule has 2 N–H and O–H groups in total. The van der Waals surface area contributed by atoms with Gasteiger partial charge in [-0.15, -0.1) is 0 Å². The molecule has 98 valence electrons. The first kappa shape index (κ1) is 12.9. The lowest BCUT2D eigenvalue weighted by Crippen LogP contribution is -2.20. The third-order valence-electron chi connectivity index (χ3n) is 3.44. The zero-order valence-corrected chi connectivity index (χ0v) is 10.6. The summed E-state index contributed by atoms with van der Waals surface area (Å²) >= 11 is 0. The van der Waals surface area contributed by atoms with Crippen LogP contribution in [0, 0.1) is 5.92 Å². The van der Waals surface area contributed by atoms with Gasteiger partial charge in [0.25, 0.3) is 0 Å². The van der Waals surface area contributed by atoms with E-state index in [4.69, 9.17) is 4.74 Å². The Kier molecular flexibility index (Phi) is 4.20. The van der Waals surface area contributed by atoms with E-state index in [0.29, 0.717) is 11.3 Å². The summed E-state index contributed by atoms with van der Waals surface area (Å²) in [6.45, 7) is -0.101. The van der Waals surface area contributed by atoms with Gasteiger partial charge in [0, 0.05) is 17.2 Å². The fourth-order valence-electron chi connectivity index (χ4n) is 2.41. The number of carbonyl (C=O) groups is 1. The maximum atomic E-state index is 12.0. The summed E-state index contributed by atoms with van der Waals surface area (Å²) in [4.78, 5) is 12.0. The van der Waals surface area contributed by atoms with Gasteiger partial charge in [-0.1, -0.05) is 12.8 Å². The van der Waals surface area contributed by atoms with Gasteiger partial charge in [-0.2, -0.15) is 0 Å². The summed E-state index contributed by atoms with van der Waals surface area (Å²) in [6.07, 6.45) is 4.24. The molecule has 1 aliphatic rings. The summed E-state index contributed by atoms with van der Waals surface area (Å²) in [5.74, 6) is 0.864. The zero-order valence-electron chi connectivity index (χ0n) is 10.6. The van der Waals surface area contributed by atoms with Gasteiger partial charge in [-0.3, -0.25) is 4.79 Å². The first-order chi connectivity index (χ1) is 8.74. The molecular formula is C14H19NO3. The highest BCUT2D eigenvalue weighted by molar-refractivity contribution is 5.92. The summed E-state index contributed by atoms with van der Waals surface area (Å²) in [7, 11) is 1.56. The molecule has 0 radical (unpaired) electrons. The predicted octanol–water partition coefficient (Wildman–Crippen LogP) is 2.32. The number of hydrogen-bond acceptors (Lipinski definition) is 3.